The van der Waals surface area contributed by atoms with Crippen LogP contribution < -0.4 is 5.73 Å². The van der Waals surface area contributed by atoms with Crippen LogP contribution in [0, 0.1) is 5.92 Å². The number of carbonyl (C=O) groups is 1. The van der Waals surface area contributed by atoms with Crippen molar-refractivity contribution in [1.82, 2.24) is 14.5 Å². The molecule has 0 saturated carbocycles. The molecule has 0 amide bonds. The van der Waals surface area contributed by atoms with Crippen LogP contribution in [0.15, 0.2) is 6.33 Å². The van der Waals surface area contributed by atoms with Gasteiger partial charge in [0.2, 0.25) is 0 Å². The van der Waals surface area contributed by atoms with Crippen molar-refractivity contribution in [3.63, 3.8) is 0 Å². The summed E-state index contributed by atoms with van der Waals surface area (Å²) in [6, 6.07) is 0. The molecule has 1 aliphatic heterocycles. The summed E-state index contributed by atoms with van der Waals surface area (Å²) < 4.78 is 6.47. The van der Waals surface area contributed by atoms with Crippen LogP contribution in [0.5, 0.6) is 0 Å². The minimum absolute atomic E-state index is 0.205. The standard InChI is InChI=1S/C13H22N4O2/c1-10(7-16-5-3-4-6-16)8-17-9-15-11(12(17)14)13(18)19-2/h9-10H,3-8,14H2,1-2H3. The molecule has 19 heavy (non-hydrogen) atoms. The Morgan fingerprint density at radius 3 is 2.79 bits per heavy atom. The molecule has 1 aromatic rings. The van der Waals surface area contributed by atoms with Gasteiger partial charge in [0.15, 0.2) is 5.69 Å². The number of esters is 1. The van der Waals surface area contributed by atoms with Gasteiger partial charge < -0.3 is 19.9 Å². The third-order valence-corrected chi connectivity index (χ3v) is 3.53. The Bertz CT molecular complexity index is 438. The fraction of sp³-hybridized carbons (Fsp3) is 0.692. The molecule has 1 fully saturated rings. The summed E-state index contributed by atoms with van der Waals surface area (Å²) in [4.78, 5) is 17.9. The number of nitrogens with two attached hydrogens (primary N) is 1. The molecular formula is C13H22N4O2. The monoisotopic (exact) mass is 266 g/mol. The molecule has 1 unspecified atom stereocenters. The lowest BCUT2D eigenvalue weighted by Gasteiger charge is -2.20. The van der Waals surface area contributed by atoms with E-state index in [4.69, 9.17) is 5.73 Å². The summed E-state index contributed by atoms with van der Waals surface area (Å²) in [5, 5.41) is 0. The minimum atomic E-state index is -0.483. The van der Waals surface area contributed by atoms with Crippen molar-refractivity contribution in [1.29, 1.82) is 0 Å². The van der Waals surface area contributed by atoms with Gasteiger partial charge in [0.1, 0.15) is 5.82 Å². The Morgan fingerprint density at radius 1 is 1.47 bits per heavy atom. The number of nitrogen functional groups attached to an aromatic ring is 1. The van der Waals surface area contributed by atoms with E-state index in [0.29, 0.717) is 11.7 Å². The van der Waals surface area contributed by atoms with Crippen LogP contribution in [0.1, 0.15) is 30.3 Å². The average molecular weight is 266 g/mol. The van der Waals surface area contributed by atoms with E-state index in [-0.39, 0.29) is 5.69 Å². The molecule has 0 radical (unpaired) electrons. The summed E-state index contributed by atoms with van der Waals surface area (Å²) >= 11 is 0. The third kappa shape index (κ3) is 3.26. The maximum absolute atomic E-state index is 11.4. The lowest BCUT2D eigenvalue weighted by molar-refractivity contribution is 0.0596. The van der Waals surface area contributed by atoms with Crippen molar-refractivity contribution >= 4 is 11.8 Å². The first-order valence-electron chi connectivity index (χ1n) is 6.73. The first-order chi connectivity index (χ1) is 9.11. The zero-order chi connectivity index (χ0) is 13.8. The van der Waals surface area contributed by atoms with Gasteiger partial charge in [-0.15, -0.1) is 0 Å². The Labute approximate surface area is 113 Å². The number of rotatable bonds is 5. The normalized spacial score (nSPS) is 17.6. The lowest BCUT2D eigenvalue weighted by Crippen LogP contribution is -2.27. The highest BCUT2D eigenvalue weighted by atomic mass is 16.5. The highest BCUT2D eigenvalue weighted by molar-refractivity contribution is 5.91. The minimum Gasteiger partial charge on any atom is -0.464 e. The number of anilines is 1. The number of hydrogen-bond acceptors (Lipinski definition) is 5. The molecule has 1 atom stereocenters. The van der Waals surface area contributed by atoms with Gasteiger partial charge in [-0.1, -0.05) is 6.92 Å². The molecule has 1 aromatic heterocycles. The summed E-state index contributed by atoms with van der Waals surface area (Å²) in [6.07, 6.45) is 4.21. The molecule has 0 spiro atoms. The van der Waals surface area contributed by atoms with Crippen LogP contribution in [0.2, 0.25) is 0 Å². The van der Waals surface area contributed by atoms with Crippen molar-refractivity contribution in [3.8, 4) is 0 Å². The maximum Gasteiger partial charge on any atom is 0.360 e. The van der Waals surface area contributed by atoms with Gasteiger partial charge in [0, 0.05) is 13.1 Å². The second kappa shape index (κ2) is 6.06. The number of carbonyl (C=O) groups excluding carboxylic acids is 1. The predicted octanol–water partition coefficient (Wildman–Crippen LogP) is 0.984. The van der Waals surface area contributed by atoms with E-state index >= 15 is 0 Å². The van der Waals surface area contributed by atoms with E-state index in [0.717, 1.165) is 13.1 Å². The molecule has 1 aliphatic rings. The smallest absolute Gasteiger partial charge is 0.360 e. The van der Waals surface area contributed by atoms with Gasteiger partial charge >= 0.3 is 5.97 Å². The van der Waals surface area contributed by atoms with Crippen LogP contribution in [0.4, 0.5) is 5.82 Å². The Morgan fingerprint density at radius 2 is 2.16 bits per heavy atom. The molecule has 106 valence electrons. The van der Waals surface area contributed by atoms with Crippen molar-refractivity contribution in [2.24, 2.45) is 5.92 Å². The zero-order valence-corrected chi connectivity index (χ0v) is 11.6. The molecule has 6 nitrogen and oxygen atoms in total. The zero-order valence-electron chi connectivity index (χ0n) is 11.6. The Balaban J connectivity index is 1.94. The molecule has 2 N–H and O–H groups in total. The molecule has 0 bridgehead atoms. The second-order valence-electron chi connectivity index (χ2n) is 5.24. The fourth-order valence-electron chi connectivity index (χ4n) is 2.59. The maximum atomic E-state index is 11.4. The van der Waals surface area contributed by atoms with Gasteiger partial charge in [0.25, 0.3) is 0 Å². The van der Waals surface area contributed by atoms with Crippen LogP contribution >= 0.6 is 0 Å². The van der Waals surface area contributed by atoms with Crippen molar-refractivity contribution in [3.05, 3.63) is 12.0 Å². The molecule has 2 rings (SSSR count). The van der Waals surface area contributed by atoms with Crippen molar-refractivity contribution in [2.75, 3.05) is 32.5 Å². The van der Waals surface area contributed by atoms with Gasteiger partial charge in [0.05, 0.1) is 13.4 Å². The number of likely N-dealkylation sites (tertiary alicyclic amines) is 1. The second-order valence-corrected chi connectivity index (χ2v) is 5.24. The molecular weight excluding hydrogens is 244 g/mol. The molecule has 2 heterocycles. The highest BCUT2D eigenvalue weighted by Crippen LogP contribution is 2.16. The summed E-state index contributed by atoms with van der Waals surface area (Å²) in [5.74, 6) is 0.378. The van der Waals surface area contributed by atoms with Gasteiger partial charge in [-0.2, -0.15) is 0 Å². The topological polar surface area (TPSA) is 73.4 Å². The van der Waals surface area contributed by atoms with Crippen LogP contribution in [-0.2, 0) is 11.3 Å². The number of imidazole rings is 1. The highest BCUT2D eigenvalue weighted by Gasteiger charge is 2.19. The predicted molar refractivity (Wildman–Crippen MR) is 72.8 cm³/mol. The number of aromatic nitrogens is 2. The van der Waals surface area contributed by atoms with E-state index in [1.807, 2.05) is 4.57 Å². The molecule has 0 aliphatic carbocycles. The molecule has 0 aromatic carbocycles. The molecule has 1 saturated heterocycles. The van der Waals surface area contributed by atoms with Crippen LogP contribution in [0.25, 0.3) is 0 Å². The van der Waals surface area contributed by atoms with Gasteiger partial charge in [-0.25, -0.2) is 9.78 Å². The number of hydrogen-bond donors (Lipinski definition) is 1. The van der Waals surface area contributed by atoms with Crippen LogP contribution in [0.3, 0.4) is 0 Å². The first-order valence-corrected chi connectivity index (χ1v) is 6.73. The van der Waals surface area contributed by atoms with E-state index in [9.17, 15) is 4.79 Å². The number of methoxy groups -OCH3 is 1. The fourth-order valence-corrected chi connectivity index (χ4v) is 2.59. The summed E-state index contributed by atoms with van der Waals surface area (Å²) in [5.41, 5.74) is 6.13. The van der Waals surface area contributed by atoms with Crippen molar-refractivity contribution < 1.29 is 9.53 Å². The average Bonchev–Trinajstić information content (AvgIpc) is 3.00. The van der Waals surface area contributed by atoms with Gasteiger partial charge in [-0.3, -0.25) is 0 Å². The molecule has 6 heteroatoms. The lowest BCUT2D eigenvalue weighted by atomic mass is 10.1. The Kier molecular flexibility index (Phi) is 4.42. The van der Waals surface area contributed by atoms with E-state index in [2.05, 4.69) is 21.5 Å². The van der Waals surface area contributed by atoms with Gasteiger partial charge in [-0.05, 0) is 31.8 Å². The largest absolute Gasteiger partial charge is 0.464 e. The quantitative estimate of drug-likeness (QED) is 0.804. The Hall–Kier alpha value is -1.56. The number of nitrogens with zero attached hydrogens (tertiary/aromatic N) is 3. The van der Waals surface area contributed by atoms with E-state index in [1.54, 1.807) is 6.33 Å². The number of ether oxygens (including phenoxy) is 1. The first kappa shape index (κ1) is 13.9. The van der Waals surface area contributed by atoms with Crippen molar-refractivity contribution in [2.45, 2.75) is 26.3 Å². The summed E-state index contributed by atoms with van der Waals surface area (Å²) in [7, 11) is 1.33. The third-order valence-electron chi connectivity index (χ3n) is 3.53. The van der Waals surface area contributed by atoms with E-state index < -0.39 is 5.97 Å². The SMILES string of the molecule is COC(=O)c1ncn(CC(C)CN2CCCC2)c1N. The summed E-state index contributed by atoms with van der Waals surface area (Å²) in [6.45, 7) is 6.40. The van der Waals surface area contributed by atoms with E-state index in [1.165, 1.54) is 33.0 Å². The van der Waals surface area contributed by atoms with Crippen LogP contribution in [-0.4, -0.2) is 47.2 Å².